The van der Waals surface area contributed by atoms with Crippen molar-refractivity contribution in [2.75, 3.05) is 13.8 Å². The summed E-state index contributed by atoms with van der Waals surface area (Å²) < 4.78 is 4.96. The summed E-state index contributed by atoms with van der Waals surface area (Å²) in [6, 6.07) is 13.1. The van der Waals surface area contributed by atoms with E-state index in [1.54, 1.807) is 7.11 Å². The maximum atomic E-state index is 4.96. The van der Waals surface area contributed by atoms with Crippen molar-refractivity contribution < 1.29 is 4.74 Å². The normalized spacial score (nSPS) is 10.9. The first kappa shape index (κ1) is 11.1. The molecule has 0 aliphatic heterocycles. The first-order valence-electron chi connectivity index (χ1n) is 5.48. The lowest BCUT2D eigenvalue weighted by Gasteiger charge is -2.05. The molecule has 84 valence electrons. The number of aryl methyl sites for hydroxylation is 1. The van der Waals surface area contributed by atoms with Crippen LogP contribution in [0.1, 0.15) is 11.1 Å². The highest BCUT2D eigenvalue weighted by Gasteiger charge is 1.96. The molecule has 2 nitrogen and oxygen atoms in total. The number of benzene rings is 2. The average molecular weight is 215 g/mol. The van der Waals surface area contributed by atoms with Crippen molar-refractivity contribution in [2.45, 2.75) is 13.5 Å². The van der Waals surface area contributed by atoms with Crippen LogP contribution < -0.4 is 5.32 Å². The fraction of sp³-hybridized carbons (Fsp3) is 0.286. The maximum absolute atomic E-state index is 4.96. The molecule has 0 heterocycles. The molecule has 2 aromatic rings. The number of nitrogens with one attached hydrogen (secondary N) is 1. The Kier molecular flexibility index (Phi) is 3.54. The van der Waals surface area contributed by atoms with Gasteiger partial charge in [-0.15, -0.1) is 0 Å². The van der Waals surface area contributed by atoms with Gasteiger partial charge in [0.1, 0.15) is 0 Å². The third-order valence-electron chi connectivity index (χ3n) is 2.64. The first-order chi connectivity index (χ1) is 7.79. The van der Waals surface area contributed by atoms with Crippen LogP contribution in [-0.2, 0) is 11.3 Å². The minimum Gasteiger partial charge on any atom is -0.370 e. The van der Waals surface area contributed by atoms with E-state index in [2.05, 4.69) is 48.6 Å². The van der Waals surface area contributed by atoms with Crippen LogP contribution in [0.5, 0.6) is 0 Å². The summed E-state index contributed by atoms with van der Waals surface area (Å²) in [4.78, 5) is 0. The van der Waals surface area contributed by atoms with Crippen molar-refractivity contribution in [1.29, 1.82) is 0 Å². The summed E-state index contributed by atoms with van der Waals surface area (Å²) in [5, 5.41) is 5.80. The zero-order chi connectivity index (χ0) is 11.4. The fourth-order valence-electron chi connectivity index (χ4n) is 1.82. The van der Waals surface area contributed by atoms with Gasteiger partial charge in [0.25, 0.3) is 0 Å². The van der Waals surface area contributed by atoms with Gasteiger partial charge in [0.2, 0.25) is 0 Å². The molecule has 0 radical (unpaired) electrons. The topological polar surface area (TPSA) is 21.3 Å². The van der Waals surface area contributed by atoms with Crippen molar-refractivity contribution in [3.63, 3.8) is 0 Å². The standard InChI is InChI=1S/C14H17NO/c1-11-3-5-14-8-12(9-15-10-16-2)4-6-13(14)7-11/h3-8,15H,9-10H2,1-2H3. The predicted octanol–water partition coefficient (Wildman–Crippen LogP) is 2.84. The highest BCUT2D eigenvalue weighted by atomic mass is 16.5. The van der Waals surface area contributed by atoms with Crippen molar-refractivity contribution in [2.24, 2.45) is 0 Å². The Morgan fingerprint density at radius 2 is 1.81 bits per heavy atom. The molecule has 2 rings (SSSR count). The SMILES string of the molecule is COCNCc1ccc2cc(C)ccc2c1. The molecule has 0 spiro atoms. The number of hydrogen-bond donors (Lipinski definition) is 1. The smallest absolute Gasteiger partial charge is 0.0964 e. The van der Waals surface area contributed by atoms with Crippen LogP contribution in [0.15, 0.2) is 36.4 Å². The summed E-state index contributed by atoms with van der Waals surface area (Å²) in [5.41, 5.74) is 2.59. The molecule has 0 aliphatic rings. The molecule has 1 N–H and O–H groups in total. The van der Waals surface area contributed by atoms with Crippen LogP contribution in [0.2, 0.25) is 0 Å². The Labute approximate surface area is 96.2 Å². The minimum atomic E-state index is 0.589. The molecule has 2 aromatic carbocycles. The molecule has 0 amide bonds. The number of hydrogen-bond acceptors (Lipinski definition) is 2. The third kappa shape index (κ3) is 2.60. The van der Waals surface area contributed by atoms with E-state index < -0.39 is 0 Å². The second kappa shape index (κ2) is 5.10. The summed E-state index contributed by atoms with van der Waals surface area (Å²) in [6.45, 7) is 3.55. The number of rotatable bonds is 4. The second-order valence-electron chi connectivity index (χ2n) is 4.04. The van der Waals surface area contributed by atoms with Crippen molar-refractivity contribution in [1.82, 2.24) is 5.32 Å². The molecule has 0 unspecified atom stereocenters. The van der Waals surface area contributed by atoms with Crippen molar-refractivity contribution in [3.8, 4) is 0 Å². The minimum absolute atomic E-state index is 0.589. The Bertz CT molecular complexity index is 479. The molecule has 2 heteroatoms. The molecular formula is C14H17NO. The van der Waals surface area contributed by atoms with Gasteiger partial charge in [-0.05, 0) is 29.3 Å². The predicted molar refractivity (Wildman–Crippen MR) is 67.4 cm³/mol. The summed E-state index contributed by atoms with van der Waals surface area (Å²) in [7, 11) is 1.69. The molecule has 0 aromatic heterocycles. The van der Waals surface area contributed by atoms with Crippen LogP contribution in [0.4, 0.5) is 0 Å². The molecule has 16 heavy (non-hydrogen) atoms. The van der Waals surface area contributed by atoms with E-state index in [4.69, 9.17) is 4.74 Å². The van der Waals surface area contributed by atoms with Gasteiger partial charge < -0.3 is 4.74 Å². The van der Waals surface area contributed by atoms with Gasteiger partial charge in [-0.2, -0.15) is 0 Å². The van der Waals surface area contributed by atoms with Crippen LogP contribution in [0.3, 0.4) is 0 Å². The van der Waals surface area contributed by atoms with Gasteiger partial charge in [0.15, 0.2) is 0 Å². The summed E-state index contributed by atoms with van der Waals surface area (Å²) in [5.74, 6) is 0. The Hall–Kier alpha value is -1.38. The van der Waals surface area contributed by atoms with Crippen molar-refractivity contribution in [3.05, 3.63) is 47.5 Å². The highest BCUT2D eigenvalue weighted by Crippen LogP contribution is 2.17. The van der Waals surface area contributed by atoms with Gasteiger partial charge in [0.05, 0.1) is 6.73 Å². The van der Waals surface area contributed by atoms with Gasteiger partial charge in [0, 0.05) is 13.7 Å². The van der Waals surface area contributed by atoms with E-state index in [0.29, 0.717) is 6.73 Å². The van der Waals surface area contributed by atoms with Crippen LogP contribution >= 0.6 is 0 Å². The summed E-state index contributed by atoms with van der Waals surface area (Å²) in [6.07, 6.45) is 0. The van der Waals surface area contributed by atoms with E-state index in [-0.39, 0.29) is 0 Å². The van der Waals surface area contributed by atoms with E-state index in [9.17, 15) is 0 Å². The number of fused-ring (bicyclic) bond motifs is 1. The highest BCUT2D eigenvalue weighted by molar-refractivity contribution is 5.83. The quantitative estimate of drug-likeness (QED) is 0.625. The molecule has 0 bridgehead atoms. The van der Waals surface area contributed by atoms with Gasteiger partial charge in [-0.3, -0.25) is 5.32 Å². The van der Waals surface area contributed by atoms with E-state index in [1.807, 2.05) is 0 Å². The molecular weight excluding hydrogens is 198 g/mol. The van der Waals surface area contributed by atoms with Gasteiger partial charge >= 0.3 is 0 Å². The molecule has 0 fully saturated rings. The van der Waals surface area contributed by atoms with Crippen LogP contribution in [0, 0.1) is 6.92 Å². The maximum Gasteiger partial charge on any atom is 0.0964 e. The Morgan fingerprint density at radius 1 is 1.06 bits per heavy atom. The molecule has 0 saturated heterocycles. The van der Waals surface area contributed by atoms with Gasteiger partial charge in [-0.1, -0.05) is 35.9 Å². The first-order valence-corrected chi connectivity index (χ1v) is 5.48. The molecule has 0 aliphatic carbocycles. The van der Waals surface area contributed by atoms with Gasteiger partial charge in [-0.25, -0.2) is 0 Å². The lowest BCUT2D eigenvalue weighted by atomic mass is 10.0. The number of ether oxygens (including phenoxy) is 1. The summed E-state index contributed by atoms with van der Waals surface area (Å²) >= 11 is 0. The largest absolute Gasteiger partial charge is 0.370 e. The third-order valence-corrected chi connectivity index (χ3v) is 2.64. The lowest BCUT2D eigenvalue weighted by molar-refractivity contribution is 0.174. The van der Waals surface area contributed by atoms with Crippen LogP contribution in [0.25, 0.3) is 10.8 Å². The zero-order valence-electron chi connectivity index (χ0n) is 9.79. The number of methoxy groups -OCH3 is 1. The van der Waals surface area contributed by atoms with Crippen molar-refractivity contribution >= 4 is 10.8 Å². The van der Waals surface area contributed by atoms with E-state index in [0.717, 1.165) is 6.54 Å². The lowest BCUT2D eigenvalue weighted by Crippen LogP contribution is -2.15. The van der Waals surface area contributed by atoms with E-state index in [1.165, 1.54) is 21.9 Å². The fourth-order valence-corrected chi connectivity index (χ4v) is 1.82. The van der Waals surface area contributed by atoms with Crippen LogP contribution in [-0.4, -0.2) is 13.8 Å². The Balaban J connectivity index is 2.20. The zero-order valence-corrected chi connectivity index (χ0v) is 9.79. The second-order valence-corrected chi connectivity index (χ2v) is 4.04. The Morgan fingerprint density at radius 3 is 2.62 bits per heavy atom. The monoisotopic (exact) mass is 215 g/mol. The average Bonchev–Trinajstić information content (AvgIpc) is 2.29. The van der Waals surface area contributed by atoms with E-state index >= 15 is 0 Å². The molecule has 0 atom stereocenters. The molecule has 0 saturated carbocycles.